The zero-order chi connectivity index (χ0) is 18.2. The van der Waals surface area contributed by atoms with Crippen LogP contribution in [0.15, 0.2) is 36.9 Å². The second-order valence-electron chi connectivity index (χ2n) is 6.32. The van der Waals surface area contributed by atoms with Crippen LogP contribution in [0, 0.1) is 0 Å². The van der Waals surface area contributed by atoms with Gasteiger partial charge in [-0.15, -0.1) is 6.58 Å². The third kappa shape index (κ3) is 3.28. The highest BCUT2D eigenvalue weighted by molar-refractivity contribution is 7.91. The third-order valence-electron chi connectivity index (χ3n) is 4.71. The molecule has 1 aromatic heterocycles. The average Bonchev–Trinajstić information content (AvgIpc) is 3.11. The van der Waals surface area contributed by atoms with Crippen molar-refractivity contribution in [3.63, 3.8) is 0 Å². The van der Waals surface area contributed by atoms with Crippen molar-refractivity contribution in [3.8, 4) is 5.75 Å². The van der Waals surface area contributed by atoms with Crippen LogP contribution in [-0.2, 0) is 16.9 Å². The Labute approximate surface area is 147 Å². The molecule has 6 nitrogen and oxygen atoms in total. The minimum absolute atomic E-state index is 0.0182. The molecule has 1 aromatic carbocycles. The maximum atomic E-state index is 13.1. The van der Waals surface area contributed by atoms with Crippen molar-refractivity contribution in [3.05, 3.63) is 42.6 Å². The lowest BCUT2D eigenvalue weighted by atomic mass is 10.2. The number of ether oxygens (including phenoxy) is 1. The van der Waals surface area contributed by atoms with E-state index in [0.717, 1.165) is 16.7 Å². The molecule has 0 radical (unpaired) electrons. The molecule has 1 atom stereocenters. The molecule has 0 aliphatic carbocycles. The number of carbonyl (C=O) groups excluding carboxylic acids is 1. The molecular weight excluding hydrogens is 340 g/mol. The monoisotopic (exact) mass is 362 g/mol. The van der Waals surface area contributed by atoms with E-state index in [1.54, 1.807) is 18.1 Å². The SMILES string of the molecule is C=CCN(C(=O)c1cc2ccc(OC)cc2n1C)[C@H]1CCS(=O)(=O)C1. The van der Waals surface area contributed by atoms with Gasteiger partial charge in [-0.1, -0.05) is 6.08 Å². The Morgan fingerprint density at radius 1 is 1.44 bits per heavy atom. The summed E-state index contributed by atoms with van der Waals surface area (Å²) in [5.74, 6) is 0.687. The molecule has 1 amide bonds. The first-order chi connectivity index (χ1) is 11.9. The first-order valence-corrected chi connectivity index (χ1v) is 9.94. The number of fused-ring (bicyclic) bond motifs is 1. The molecule has 1 aliphatic rings. The summed E-state index contributed by atoms with van der Waals surface area (Å²) in [6.45, 7) is 4.03. The number of rotatable bonds is 5. The fourth-order valence-corrected chi connectivity index (χ4v) is 5.08. The van der Waals surface area contributed by atoms with Crippen LogP contribution in [-0.4, -0.2) is 55.0 Å². The lowest BCUT2D eigenvalue weighted by Gasteiger charge is -2.27. The minimum Gasteiger partial charge on any atom is -0.497 e. The summed E-state index contributed by atoms with van der Waals surface area (Å²) in [6, 6.07) is 7.16. The van der Waals surface area contributed by atoms with Crippen LogP contribution in [0.25, 0.3) is 10.9 Å². The van der Waals surface area contributed by atoms with Gasteiger partial charge in [0.2, 0.25) is 0 Å². The Morgan fingerprint density at radius 2 is 2.20 bits per heavy atom. The van der Waals surface area contributed by atoms with E-state index >= 15 is 0 Å². The summed E-state index contributed by atoms with van der Waals surface area (Å²) in [5, 5.41) is 0.934. The van der Waals surface area contributed by atoms with Crippen LogP contribution in [0.3, 0.4) is 0 Å². The van der Waals surface area contributed by atoms with Crippen molar-refractivity contribution in [2.24, 2.45) is 7.05 Å². The lowest BCUT2D eigenvalue weighted by Crippen LogP contribution is -2.41. The predicted molar refractivity (Wildman–Crippen MR) is 97.8 cm³/mol. The van der Waals surface area contributed by atoms with Gasteiger partial charge >= 0.3 is 0 Å². The number of hydrogen-bond acceptors (Lipinski definition) is 4. The molecule has 25 heavy (non-hydrogen) atoms. The third-order valence-corrected chi connectivity index (χ3v) is 6.46. The van der Waals surface area contributed by atoms with Crippen molar-refractivity contribution in [2.45, 2.75) is 12.5 Å². The molecule has 2 heterocycles. The second kappa shape index (κ2) is 6.55. The van der Waals surface area contributed by atoms with E-state index in [9.17, 15) is 13.2 Å². The van der Waals surface area contributed by atoms with Crippen LogP contribution in [0.4, 0.5) is 0 Å². The van der Waals surface area contributed by atoms with Crippen LogP contribution >= 0.6 is 0 Å². The molecule has 1 saturated heterocycles. The smallest absolute Gasteiger partial charge is 0.271 e. The lowest BCUT2D eigenvalue weighted by molar-refractivity contribution is 0.0711. The molecular formula is C18H22N2O4S. The number of aryl methyl sites for hydroxylation is 1. The Morgan fingerprint density at radius 3 is 2.80 bits per heavy atom. The van der Waals surface area contributed by atoms with Gasteiger partial charge in [0, 0.05) is 31.1 Å². The summed E-state index contributed by atoms with van der Waals surface area (Å²) >= 11 is 0. The van der Waals surface area contributed by atoms with Crippen molar-refractivity contribution < 1.29 is 17.9 Å². The number of hydrogen-bond donors (Lipinski definition) is 0. The summed E-state index contributed by atoms with van der Waals surface area (Å²) in [5.41, 5.74) is 1.41. The Bertz CT molecular complexity index is 930. The highest BCUT2D eigenvalue weighted by Crippen LogP contribution is 2.26. The molecule has 134 valence electrons. The number of amides is 1. The molecule has 0 bridgehead atoms. The van der Waals surface area contributed by atoms with E-state index in [1.165, 1.54) is 0 Å². The molecule has 0 saturated carbocycles. The zero-order valence-electron chi connectivity index (χ0n) is 14.4. The normalized spacial score (nSPS) is 19.0. The maximum absolute atomic E-state index is 13.1. The summed E-state index contributed by atoms with van der Waals surface area (Å²) in [7, 11) is 0.356. The van der Waals surface area contributed by atoms with Gasteiger partial charge in [0.1, 0.15) is 11.4 Å². The van der Waals surface area contributed by atoms with Gasteiger partial charge in [-0.25, -0.2) is 8.42 Å². The van der Waals surface area contributed by atoms with Crippen molar-refractivity contribution in [1.29, 1.82) is 0 Å². The summed E-state index contributed by atoms with van der Waals surface area (Å²) < 4.78 is 30.7. The first-order valence-electron chi connectivity index (χ1n) is 8.12. The molecule has 2 aromatic rings. The van der Waals surface area contributed by atoms with Crippen molar-refractivity contribution in [1.82, 2.24) is 9.47 Å². The van der Waals surface area contributed by atoms with E-state index in [1.807, 2.05) is 35.9 Å². The highest BCUT2D eigenvalue weighted by Gasteiger charge is 2.35. The first kappa shape index (κ1) is 17.5. The number of nitrogens with zero attached hydrogens (tertiary/aromatic N) is 2. The van der Waals surface area contributed by atoms with E-state index < -0.39 is 9.84 Å². The summed E-state index contributed by atoms with van der Waals surface area (Å²) in [6.07, 6.45) is 2.11. The van der Waals surface area contributed by atoms with E-state index in [4.69, 9.17) is 4.74 Å². The maximum Gasteiger partial charge on any atom is 0.271 e. The number of sulfone groups is 1. The predicted octanol–water partition coefficient (Wildman–Crippen LogP) is 2.00. The van der Waals surface area contributed by atoms with Gasteiger partial charge in [0.15, 0.2) is 9.84 Å². The Hall–Kier alpha value is -2.28. The van der Waals surface area contributed by atoms with Crippen molar-refractivity contribution in [2.75, 3.05) is 25.2 Å². The number of methoxy groups -OCH3 is 1. The Kier molecular flexibility index (Phi) is 4.60. The van der Waals surface area contributed by atoms with Crippen molar-refractivity contribution >= 4 is 26.6 Å². The van der Waals surface area contributed by atoms with Crippen LogP contribution in [0.1, 0.15) is 16.9 Å². The fourth-order valence-electron chi connectivity index (χ4n) is 3.35. The van der Waals surface area contributed by atoms with Gasteiger partial charge in [-0.3, -0.25) is 4.79 Å². The van der Waals surface area contributed by atoms with E-state index in [0.29, 0.717) is 18.7 Å². The molecule has 0 N–H and O–H groups in total. The van der Waals surface area contributed by atoms with Crippen LogP contribution in [0.2, 0.25) is 0 Å². The highest BCUT2D eigenvalue weighted by atomic mass is 32.2. The molecule has 7 heteroatoms. The van der Waals surface area contributed by atoms with E-state index in [-0.39, 0.29) is 23.5 Å². The quantitative estimate of drug-likeness (QED) is 0.763. The standard InChI is InChI=1S/C18H22N2O4S/c1-4-8-20(14-7-9-25(22,23)12-14)18(21)17-10-13-5-6-15(24-3)11-16(13)19(17)2/h4-6,10-11,14H,1,7-9,12H2,2-3H3/t14-/m0/s1. The topological polar surface area (TPSA) is 68.6 Å². The summed E-state index contributed by atoms with van der Waals surface area (Å²) in [4.78, 5) is 14.7. The molecule has 0 unspecified atom stereocenters. The average molecular weight is 362 g/mol. The van der Waals surface area contributed by atoms with Gasteiger partial charge in [-0.2, -0.15) is 0 Å². The van der Waals surface area contributed by atoms with Gasteiger partial charge in [0.05, 0.1) is 24.1 Å². The zero-order valence-corrected chi connectivity index (χ0v) is 15.3. The molecule has 3 rings (SSSR count). The second-order valence-corrected chi connectivity index (χ2v) is 8.55. The number of aromatic nitrogens is 1. The Balaban J connectivity index is 1.98. The fraction of sp³-hybridized carbons (Fsp3) is 0.389. The minimum atomic E-state index is -3.07. The van der Waals surface area contributed by atoms with Gasteiger partial charge < -0.3 is 14.2 Å². The van der Waals surface area contributed by atoms with Crippen LogP contribution < -0.4 is 4.74 Å². The van der Waals surface area contributed by atoms with Crippen LogP contribution in [0.5, 0.6) is 5.75 Å². The largest absolute Gasteiger partial charge is 0.497 e. The molecule has 1 aliphatic heterocycles. The molecule has 1 fully saturated rings. The van der Waals surface area contributed by atoms with Gasteiger partial charge in [-0.05, 0) is 24.6 Å². The molecule has 0 spiro atoms. The van der Waals surface area contributed by atoms with Gasteiger partial charge in [0.25, 0.3) is 5.91 Å². The number of carbonyl (C=O) groups is 1. The van der Waals surface area contributed by atoms with E-state index in [2.05, 4.69) is 6.58 Å². The number of benzene rings is 1.